The van der Waals surface area contributed by atoms with Crippen molar-refractivity contribution in [3.05, 3.63) is 41.1 Å². The highest BCUT2D eigenvalue weighted by Gasteiger charge is 2.19. The Hall–Kier alpha value is -2.69. The molecular weight excluding hydrogens is 290 g/mol. The molecule has 0 saturated heterocycles. The summed E-state index contributed by atoms with van der Waals surface area (Å²) in [6.07, 6.45) is 5.87. The van der Waals surface area contributed by atoms with E-state index in [1.165, 1.54) is 19.4 Å². The van der Waals surface area contributed by atoms with Gasteiger partial charge >= 0.3 is 5.97 Å². The maximum absolute atomic E-state index is 12.2. The Bertz CT molecular complexity index is 813. The Labute approximate surface area is 135 Å². The second kappa shape index (κ2) is 6.60. The molecule has 0 aliphatic heterocycles. The van der Waals surface area contributed by atoms with Crippen LogP contribution in [0, 0.1) is 17.7 Å². The molecule has 120 valence electrons. The first-order valence-corrected chi connectivity index (χ1v) is 7.39. The zero-order valence-electron chi connectivity index (χ0n) is 13.8. The SMILES string of the molecule is COC(=O)c1cc(/C(C=N)=C/C=N)cc2c1c(C)cn2C(C)C. The highest BCUT2D eigenvalue weighted by molar-refractivity contribution is 6.15. The van der Waals surface area contributed by atoms with E-state index in [1.807, 2.05) is 19.2 Å². The summed E-state index contributed by atoms with van der Waals surface area (Å²) in [7, 11) is 1.36. The maximum atomic E-state index is 12.2. The van der Waals surface area contributed by atoms with Gasteiger partial charge in [0.2, 0.25) is 0 Å². The minimum atomic E-state index is -0.402. The van der Waals surface area contributed by atoms with E-state index in [-0.39, 0.29) is 6.04 Å². The van der Waals surface area contributed by atoms with Gasteiger partial charge in [-0.25, -0.2) is 4.79 Å². The Kier molecular flexibility index (Phi) is 4.79. The Morgan fingerprint density at radius 2 is 2.00 bits per heavy atom. The first kappa shape index (κ1) is 16.7. The number of allylic oxidation sites excluding steroid dienone is 2. The van der Waals surface area contributed by atoms with Gasteiger partial charge in [0.25, 0.3) is 0 Å². The summed E-state index contributed by atoms with van der Waals surface area (Å²) in [6.45, 7) is 6.13. The summed E-state index contributed by atoms with van der Waals surface area (Å²) in [4.78, 5) is 12.2. The number of benzene rings is 1. The molecule has 0 saturated carbocycles. The summed E-state index contributed by atoms with van der Waals surface area (Å²) in [5.74, 6) is -0.402. The highest BCUT2D eigenvalue weighted by Crippen LogP contribution is 2.31. The van der Waals surface area contributed by atoms with Crippen LogP contribution < -0.4 is 0 Å². The lowest BCUT2D eigenvalue weighted by Crippen LogP contribution is -2.05. The van der Waals surface area contributed by atoms with Crippen LogP contribution >= 0.6 is 0 Å². The van der Waals surface area contributed by atoms with Gasteiger partial charge < -0.3 is 20.1 Å². The van der Waals surface area contributed by atoms with E-state index in [2.05, 4.69) is 18.4 Å². The van der Waals surface area contributed by atoms with Crippen molar-refractivity contribution in [3.63, 3.8) is 0 Å². The Morgan fingerprint density at radius 1 is 1.30 bits per heavy atom. The third-order valence-corrected chi connectivity index (χ3v) is 3.84. The van der Waals surface area contributed by atoms with Crippen LogP contribution in [0.4, 0.5) is 0 Å². The fourth-order valence-corrected chi connectivity index (χ4v) is 2.77. The summed E-state index contributed by atoms with van der Waals surface area (Å²) in [6, 6.07) is 3.92. The molecule has 2 N–H and O–H groups in total. The number of methoxy groups -OCH3 is 1. The number of carbonyl (C=O) groups is 1. The van der Waals surface area contributed by atoms with Crippen LogP contribution in [0.3, 0.4) is 0 Å². The normalized spacial score (nSPS) is 11.8. The van der Waals surface area contributed by atoms with Gasteiger partial charge in [-0.2, -0.15) is 0 Å². The fourth-order valence-electron chi connectivity index (χ4n) is 2.77. The molecule has 1 aromatic carbocycles. The van der Waals surface area contributed by atoms with Gasteiger partial charge in [-0.15, -0.1) is 0 Å². The van der Waals surface area contributed by atoms with Crippen molar-refractivity contribution in [2.24, 2.45) is 0 Å². The molecule has 0 aliphatic rings. The average molecular weight is 311 g/mol. The standard InChI is InChI=1S/C18H21N3O2/c1-11(2)21-10-12(3)17-15(18(22)23-4)7-14(8-16(17)21)13(9-20)5-6-19/h5-11,19-20H,1-4H3/b13-5+,19-6?,20-9?. The number of aryl methyl sites for hydroxylation is 1. The molecule has 5 heteroatoms. The fraction of sp³-hybridized carbons (Fsp3) is 0.278. The van der Waals surface area contributed by atoms with E-state index >= 15 is 0 Å². The molecule has 0 radical (unpaired) electrons. The second-order valence-corrected chi connectivity index (χ2v) is 5.66. The molecule has 1 heterocycles. The first-order valence-electron chi connectivity index (χ1n) is 7.39. The zero-order valence-corrected chi connectivity index (χ0v) is 13.8. The number of nitrogens with one attached hydrogen (secondary N) is 2. The lowest BCUT2D eigenvalue weighted by atomic mass is 9.98. The van der Waals surface area contributed by atoms with Crippen LogP contribution in [0.15, 0.2) is 24.4 Å². The topological polar surface area (TPSA) is 78.9 Å². The minimum Gasteiger partial charge on any atom is -0.465 e. The van der Waals surface area contributed by atoms with Crippen molar-refractivity contribution in [1.29, 1.82) is 10.8 Å². The summed E-state index contributed by atoms with van der Waals surface area (Å²) < 4.78 is 7.03. The number of rotatable bonds is 5. The number of carbonyl (C=O) groups excluding carboxylic acids is 1. The monoisotopic (exact) mass is 311 g/mol. The second-order valence-electron chi connectivity index (χ2n) is 5.66. The van der Waals surface area contributed by atoms with Gasteiger partial charge in [-0.05, 0) is 50.1 Å². The number of ether oxygens (including phenoxy) is 1. The van der Waals surface area contributed by atoms with Crippen LogP contribution in [-0.4, -0.2) is 30.1 Å². The molecule has 2 rings (SSSR count). The Morgan fingerprint density at radius 3 is 2.52 bits per heavy atom. The van der Waals surface area contributed by atoms with Crippen molar-refractivity contribution in [1.82, 2.24) is 4.57 Å². The summed E-state index contributed by atoms with van der Waals surface area (Å²) in [5.41, 5.74) is 3.70. The molecule has 2 aromatic rings. The van der Waals surface area contributed by atoms with E-state index < -0.39 is 5.97 Å². The van der Waals surface area contributed by atoms with E-state index in [9.17, 15) is 4.79 Å². The number of aromatic nitrogens is 1. The molecular formula is C18H21N3O2. The van der Waals surface area contributed by atoms with Crippen LogP contribution in [0.5, 0.6) is 0 Å². The number of fused-ring (bicyclic) bond motifs is 1. The van der Waals surface area contributed by atoms with Crippen LogP contribution in [0.2, 0.25) is 0 Å². The largest absolute Gasteiger partial charge is 0.465 e. The third kappa shape index (κ3) is 2.95. The van der Waals surface area contributed by atoms with Crippen LogP contribution in [-0.2, 0) is 4.74 Å². The van der Waals surface area contributed by atoms with E-state index in [0.717, 1.165) is 28.2 Å². The predicted octanol–water partition coefficient (Wildman–Crippen LogP) is 4.00. The van der Waals surface area contributed by atoms with Crippen molar-refractivity contribution in [2.45, 2.75) is 26.8 Å². The van der Waals surface area contributed by atoms with Gasteiger partial charge in [-0.3, -0.25) is 0 Å². The molecule has 0 bridgehead atoms. The number of hydrogen-bond acceptors (Lipinski definition) is 4. The van der Waals surface area contributed by atoms with E-state index in [0.29, 0.717) is 11.1 Å². The highest BCUT2D eigenvalue weighted by atomic mass is 16.5. The number of hydrogen-bond donors (Lipinski definition) is 2. The number of nitrogens with zero attached hydrogens (tertiary/aromatic N) is 1. The molecule has 0 aliphatic carbocycles. The minimum absolute atomic E-state index is 0.238. The third-order valence-electron chi connectivity index (χ3n) is 3.84. The van der Waals surface area contributed by atoms with Crippen LogP contribution in [0.25, 0.3) is 16.5 Å². The Balaban J connectivity index is 2.90. The van der Waals surface area contributed by atoms with Gasteiger partial charge in [-0.1, -0.05) is 0 Å². The quantitative estimate of drug-likeness (QED) is 0.646. The van der Waals surface area contributed by atoms with Gasteiger partial charge in [0.05, 0.1) is 12.7 Å². The van der Waals surface area contributed by atoms with Crippen LogP contribution in [0.1, 0.15) is 41.4 Å². The van der Waals surface area contributed by atoms with E-state index in [4.69, 9.17) is 15.6 Å². The lowest BCUT2D eigenvalue weighted by Gasteiger charge is -2.12. The maximum Gasteiger partial charge on any atom is 0.338 e. The molecule has 0 atom stereocenters. The molecule has 0 spiro atoms. The van der Waals surface area contributed by atoms with Crippen molar-refractivity contribution < 1.29 is 9.53 Å². The summed E-state index contributed by atoms with van der Waals surface area (Å²) in [5, 5.41) is 15.7. The predicted molar refractivity (Wildman–Crippen MR) is 93.9 cm³/mol. The van der Waals surface area contributed by atoms with Crippen molar-refractivity contribution in [3.8, 4) is 0 Å². The first-order chi connectivity index (χ1) is 10.9. The zero-order chi connectivity index (χ0) is 17.1. The molecule has 23 heavy (non-hydrogen) atoms. The van der Waals surface area contributed by atoms with Gasteiger partial charge in [0.1, 0.15) is 0 Å². The summed E-state index contributed by atoms with van der Waals surface area (Å²) >= 11 is 0. The van der Waals surface area contributed by atoms with E-state index in [1.54, 1.807) is 6.07 Å². The van der Waals surface area contributed by atoms with Crippen molar-refractivity contribution in [2.75, 3.05) is 7.11 Å². The van der Waals surface area contributed by atoms with Gasteiger partial charge in [0, 0.05) is 41.1 Å². The number of esters is 1. The smallest absolute Gasteiger partial charge is 0.338 e. The average Bonchev–Trinajstić information content (AvgIpc) is 2.88. The molecule has 0 unspecified atom stereocenters. The molecule has 1 aromatic heterocycles. The molecule has 5 nitrogen and oxygen atoms in total. The van der Waals surface area contributed by atoms with Crippen molar-refractivity contribution >= 4 is 34.9 Å². The molecule has 0 fully saturated rings. The van der Waals surface area contributed by atoms with Gasteiger partial charge in [0.15, 0.2) is 0 Å². The lowest BCUT2D eigenvalue weighted by molar-refractivity contribution is 0.0603. The molecule has 0 amide bonds.